The van der Waals surface area contributed by atoms with Crippen LogP contribution in [0.15, 0.2) is 23.2 Å². The Bertz CT molecular complexity index is 1230. The van der Waals surface area contributed by atoms with E-state index >= 15 is 0 Å². The van der Waals surface area contributed by atoms with Gasteiger partial charge in [0, 0.05) is 39.0 Å². The molecule has 0 spiro atoms. The molecule has 4 aliphatic heterocycles. The van der Waals surface area contributed by atoms with Crippen molar-refractivity contribution in [2.24, 2.45) is 0 Å². The van der Waals surface area contributed by atoms with Crippen LogP contribution in [-0.4, -0.2) is 70.6 Å². The highest BCUT2D eigenvalue weighted by Crippen LogP contribution is 2.39. The van der Waals surface area contributed by atoms with Crippen LogP contribution >= 0.6 is 0 Å². The maximum Gasteiger partial charge on any atom is 0.243 e. The Morgan fingerprint density at radius 2 is 1.75 bits per heavy atom. The van der Waals surface area contributed by atoms with Crippen molar-refractivity contribution in [3.63, 3.8) is 0 Å². The Hall–Kier alpha value is -2.79. The maximum atomic E-state index is 13.3. The third-order valence-corrected chi connectivity index (χ3v) is 8.76. The normalized spacial score (nSPS) is 21.4. The number of likely N-dealkylation sites (tertiary alicyclic amines) is 1. The number of carbonyl (C=O) groups excluding carboxylic acids is 2. The van der Waals surface area contributed by atoms with Crippen molar-refractivity contribution in [1.29, 1.82) is 0 Å². The minimum absolute atomic E-state index is 0.0683. The molecule has 2 amide bonds. The quantitative estimate of drug-likeness (QED) is 0.648. The van der Waals surface area contributed by atoms with Crippen molar-refractivity contribution in [2.45, 2.75) is 49.6 Å². The minimum Gasteiger partial charge on any atom is -0.337 e. The molecule has 0 unspecified atom stereocenters. The molecule has 0 radical (unpaired) electrons. The minimum atomic E-state index is -3.61. The molecular weight excluding hydrogens is 432 g/mol. The van der Waals surface area contributed by atoms with Crippen molar-refractivity contribution in [3.8, 4) is 0 Å². The predicted molar refractivity (Wildman–Crippen MR) is 113 cm³/mol. The molecule has 0 saturated carbocycles. The molecule has 11 heteroatoms. The number of hydrogen-bond acceptors (Lipinski definition) is 6. The smallest absolute Gasteiger partial charge is 0.243 e. The molecule has 0 atom stereocenters. The summed E-state index contributed by atoms with van der Waals surface area (Å²) in [5, 5.41) is 8.32. The Balaban J connectivity index is 1.16. The van der Waals surface area contributed by atoms with E-state index < -0.39 is 10.0 Å². The number of aromatic nitrogens is 3. The summed E-state index contributed by atoms with van der Waals surface area (Å²) in [6.07, 6.45) is 4.99. The molecule has 1 aromatic heterocycles. The second kappa shape index (κ2) is 7.11. The van der Waals surface area contributed by atoms with Gasteiger partial charge in [-0.1, -0.05) is 5.21 Å². The van der Waals surface area contributed by atoms with E-state index in [2.05, 4.69) is 10.3 Å². The summed E-state index contributed by atoms with van der Waals surface area (Å²) in [7, 11) is -3.61. The molecule has 0 aliphatic carbocycles. The van der Waals surface area contributed by atoms with Gasteiger partial charge < -0.3 is 9.80 Å². The van der Waals surface area contributed by atoms with Crippen molar-refractivity contribution in [3.05, 3.63) is 35.2 Å². The number of sulfonamides is 1. The molecule has 2 fully saturated rings. The monoisotopic (exact) mass is 456 g/mol. The average molecular weight is 457 g/mol. The first-order valence-corrected chi connectivity index (χ1v) is 12.5. The fraction of sp³-hybridized carbons (Fsp3) is 0.524. The number of carbonyl (C=O) groups is 2. The van der Waals surface area contributed by atoms with Crippen LogP contribution in [-0.2, 0) is 39.0 Å². The van der Waals surface area contributed by atoms with Crippen LogP contribution in [0.5, 0.6) is 0 Å². The van der Waals surface area contributed by atoms with Crippen LogP contribution in [0.1, 0.15) is 42.1 Å². The number of nitrogens with zero attached hydrogens (tertiary/aromatic N) is 6. The zero-order valence-corrected chi connectivity index (χ0v) is 18.4. The molecule has 4 aliphatic rings. The first kappa shape index (κ1) is 19.9. The topological polar surface area (TPSA) is 109 Å². The molecule has 32 heavy (non-hydrogen) atoms. The summed E-state index contributed by atoms with van der Waals surface area (Å²) in [5.41, 5.74) is 3.54. The van der Waals surface area contributed by atoms with Gasteiger partial charge in [0.2, 0.25) is 21.8 Å². The fourth-order valence-corrected chi connectivity index (χ4v) is 6.75. The van der Waals surface area contributed by atoms with Crippen LogP contribution in [0.3, 0.4) is 0 Å². The lowest BCUT2D eigenvalue weighted by Gasteiger charge is -2.37. The maximum absolute atomic E-state index is 13.3. The summed E-state index contributed by atoms with van der Waals surface area (Å²) in [5.74, 6) is 0.264. The van der Waals surface area contributed by atoms with E-state index in [9.17, 15) is 18.0 Å². The van der Waals surface area contributed by atoms with E-state index in [1.165, 1.54) is 4.31 Å². The van der Waals surface area contributed by atoms with Gasteiger partial charge in [-0.3, -0.25) is 9.59 Å². The summed E-state index contributed by atoms with van der Waals surface area (Å²) in [6.45, 7) is 2.50. The van der Waals surface area contributed by atoms with E-state index in [1.807, 2.05) is 6.20 Å². The molecule has 2 aromatic rings. The van der Waals surface area contributed by atoms with Gasteiger partial charge in [-0.05, 0) is 42.5 Å². The molecule has 0 N–H and O–H groups in total. The van der Waals surface area contributed by atoms with Gasteiger partial charge in [-0.2, -0.15) is 4.31 Å². The zero-order chi connectivity index (χ0) is 22.0. The Morgan fingerprint density at radius 3 is 2.50 bits per heavy atom. The van der Waals surface area contributed by atoms with Gasteiger partial charge in [0.1, 0.15) is 5.69 Å². The molecule has 5 heterocycles. The van der Waals surface area contributed by atoms with Crippen LogP contribution in [0.25, 0.3) is 0 Å². The molecule has 0 bridgehead atoms. The number of amides is 2. The first-order chi connectivity index (χ1) is 15.4. The average Bonchev–Trinajstić information content (AvgIpc) is 3.45. The lowest BCUT2D eigenvalue weighted by molar-refractivity contribution is -0.128. The second-order valence-corrected chi connectivity index (χ2v) is 10.9. The van der Waals surface area contributed by atoms with E-state index in [1.54, 1.807) is 26.6 Å². The van der Waals surface area contributed by atoms with Gasteiger partial charge in [0.25, 0.3) is 0 Å². The zero-order valence-electron chi connectivity index (χ0n) is 17.6. The molecule has 168 valence electrons. The third kappa shape index (κ3) is 3.06. The van der Waals surface area contributed by atoms with Crippen molar-refractivity contribution < 1.29 is 18.0 Å². The van der Waals surface area contributed by atoms with E-state index in [4.69, 9.17) is 0 Å². The van der Waals surface area contributed by atoms with Crippen molar-refractivity contribution in [1.82, 2.24) is 24.2 Å². The Morgan fingerprint density at radius 1 is 0.969 bits per heavy atom. The third-order valence-electron chi connectivity index (χ3n) is 6.95. The standard InChI is InChI=1S/C21H24N6O4S/c28-19-2-1-6-24(19)10-16-11-27(23-22-16)17-12-25(13-17)32(30,31)18-8-14-3-4-20(29)26-7-5-15(9-18)21(14)26/h8-9,11,17H,1-7,10,12-13H2. The van der Waals surface area contributed by atoms with E-state index in [0.717, 1.165) is 35.5 Å². The van der Waals surface area contributed by atoms with Gasteiger partial charge in [0.15, 0.2) is 0 Å². The second-order valence-electron chi connectivity index (χ2n) is 8.97. The number of rotatable bonds is 5. The highest BCUT2D eigenvalue weighted by atomic mass is 32.2. The summed E-state index contributed by atoms with van der Waals surface area (Å²) < 4.78 is 29.7. The van der Waals surface area contributed by atoms with Crippen LogP contribution < -0.4 is 4.90 Å². The number of hydrogen-bond donors (Lipinski definition) is 0. The highest BCUT2D eigenvalue weighted by Gasteiger charge is 2.40. The van der Waals surface area contributed by atoms with Crippen LogP contribution in [0, 0.1) is 0 Å². The van der Waals surface area contributed by atoms with Crippen molar-refractivity contribution >= 4 is 27.5 Å². The van der Waals surface area contributed by atoms with Gasteiger partial charge in [0.05, 0.1) is 29.4 Å². The fourth-order valence-electron chi connectivity index (χ4n) is 5.14. The number of aryl methyl sites for hydroxylation is 1. The molecule has 1 aromatic carbocycles. The lowest BCUT2D eigenvalue weighted by Crippen LogP contribution is -2.50. The molecular formula is C21H24N6O4S. The first-order valence-electron chi connectivity index (χ1n) is 11.0. The molecule has 6 rings (SSSR count). The van der Waals surface area contributed by atoms with E-state index in [-0.39, 0.29) is 17.9 Å². The van der Waals surface area contributed by atoms with Crippen LogP contribution in [0.2, 0.25) is 0 Å². The number of anilines is 1. The van der Waals surface area contributed by atoms with Gasteiger partial charge >= 0.3 is 0 Å². The molecule has 2 saturated heterocycles. The Kier molecular flexibility index (Phi) is 4.41. The Labute approximate surface area is 185 Å². The summed E-state index contributed by atoms with van der Waals surface area (Å²) in [4.78, 5) is 27.8. The summed E-state index contributed by atoms with van der Waals surface area (Å²) in [6, 6.07) is 3.41. The molecule has 10 nitrogen and oxygen atoms in total. The summed E-state index contributed by atoms with van der Waals surface area (Å²) >= 11 is 0. The number of benzene rings is 1. The van der Waals surface area contributed by atoms with Crippen LogP contribution in [0.4, 0.5) is 5.69 Å². The highest BCUT2D eigenvalue weighted by molar-refractivity contribution is 7.89. The predicted octanol–water partition coefficient (Wildman–Crippen LogP) is 0.481. The van der Waals surface area contributed by atoms with E-state index in [0.29, 0.717) is 56.8 Å². The van der Waals surface area contributed by atoms with Crippen molar-refractivity contribution in [2.75, 3.05) is 31.1 Å². The largest absolute Gasteiger partial charge is 0.337 e. The SMILES string of the molecule is O=C1CCCN1Cc1cn(C2CN(S(=O)(=O)c3cc4c5c(c3)CCN5C(=O)CC4)C2)nn1. The van der Waals surface area contributed by atoms with Gasteiger partial charge in [-0.15, -0.1) is 5.10 Å². The lowest BCUT2D eigenvalue weighted by atomic mass is 10.00. The van der Waals surface area contributed by atoms with Gasteiger partial charge in [-0.25, -0.2) is 13.1 Å².